The molecule has 0 heterocycles. The molecule has 0 aromatic carbocycles. The quantitative estimate of drug-likeness (QED) is 0.278. The minimum absolute atomic E-state index is 1.01. The Morgan fingerprint density at radius 2 is 1.19 bits per heavy atom. The Morgan fingerprint density at radius 3 is 1.69 bits per heavy atom. The normalized spacial score (nSPS) is 11.8. The van der Waals surface area contributed by atoms with E-state index in [0.717, 1.165) is 12.7 Å². The highest BCUT2D eigenvalue weighted by Crippen LogP contribution is 2.06. The predicted octanol–water partition coefficient (Wildman–Crippen LogP) is 5.54. The van der Waals surface area contributed by atoms with Gasteiger partial charge in [0.2, 0.25) is 0 Å². The first-order chi connectivity index (χ1) is 7.91. The van der Waals surface area contributed by atoms with E-state index >= 15 is 0 Å². The molecule has 94 valence electrons. The van der Waals surface area contributed by atoms with Gasteiger partial charge in [0.1, 0.15) is 0 Å². The van der Waals surface area contributed by atoms with Crippen molar-refractivity contribution in [1.82, 2.24) is 0 Å². The van der Waals surface area contributed by atoms with Crippen LogP contribution in [0.3, 0.4) is 0 Å². The average Bonchev–Trinajstić information content (AvgIpc) is 2.31. The van der Waals surface area contributed by atoms with Crippen LogP contribution in [-0.4, -0.2) is 5.11 Å². The summed E-state index contributed by atoms with van der Waals surface area (Å²) in [6.07, 6.45) is 20.3. The van der Waals surface area contributed by atoms with E-state index in [4.69, 9.17) is 5.11 Å². The van der Waals surface area contributed by atoms with Crippen molar-refractivity contribution in [3.8, 4) is 0 Å². The van der Waals surface area contributed by atoms with Gasteiger partial charge < -0.3 is 5.11 Å². The van der Waals surface area contributed by atoms with Crippen molar-refractivity contribution in [1.29, 1.82) is 0 Å². The molecule has 0 aliphatic rings. The molecule has 0 spiro atoms. The third-order valence-corrected chi connectivity index (χ3v) is 2.74. The number of allylic oxidation sites excluding steroid dienone is 3. The lowest BCUT2D eigenvalue weighted by atomic mass is 10.1. The van der Waals surface area contributed by atoms with Crippen LogP contribution in [0.15, 0.2) is 24.5 Å². The lowest BCUT2D eigenvalue weighted by Gasteiger charge is -1.96. The second kappa shape index (κ2) is 14.3. The monoisotopic (exact) mass is 224 g/mol. The highest BCUT2D eigenvalue weighted by Gasteiger charge is 1.86. The van der Waals surface area contributed by atoms with E-state index in [1.807, 2.05) is 6.08 Å². The second-order valence-electron chi connectivity index (χ2n) is 4.34. The highest BCUT2D eigenvalue weighted by molar-refractivity contribution is 4.81. The van der Waals surface area contributed by atoms with Gasteiger partial charge in [0.15, 0.2) is 0 Å². The zero-order valence-corrected chi connectivity index (χ0v) is 10.8. The van der Waals surface area contributed by atoms with Crippen LogP contribution in [0.1, 0.15) is 71.1 Å². The molecule has 0 radical (unpaired) electrons. The molecule has 0 aromatic heterocycles. The summed E-state index contributed by atoms with van der Waals surface area (Å²) in [6.45, 7) is 2.25. The van der Waals surface area contributed by atoms with Gasteiger partial charge in [-0.1, -0.05) is 50.8 Å². The van der Waals surface area contributed by atoms with E-state index in [2.05, 4.69) is 19.1 Å². The zero-order chi connectivity index (χ0) is 11.9. The first kappa shape index (κ1) is 15.3. The molecular weight excluding hydrogens is 196 g/mol. The molecule has 0 saturated carbocycles. The number of aliphatic hydroxyl groups is 1. The molecule has 1 N–H and O–H groups in total. The fraction of sp³-hybridized carbons (Fsp3) is 0.733. The van der Waals surface area contributed by atoms with Crippen LogP contribution in [-0.2, 0) is 0 Å². The maximum Gasteiger partial charge on any atom is 0.0751 e. The molecular formula is C15H28O. The molecule has 0 aliphatic heterocycles. The van der Waals surface area contributed by atoms with Crippen molar-refractivity contribution < 1.29 is 5.11 Å². The Balaban J connectivity index is 3.03. The fourth-order valence-corrected chi connectivity index (χ4v) is 1.70. The van der Waals surface area contributed by atoms with Crippen LogP contribution < -0.4 is 0 Å². The zero-order valence-electron chi connectivity index (χ0n) is 10.8. The van der Waals surface area contributed by atoms with Gasteiger partial charge in [0.25, 0.3) is 0 Å². The van der Waals surface area contributed by atoms with Crippen LogP contribution in [0.5, 0.6) is 0 Å². The molecule has 1 nitrogen and oxygen atoms in total. The van der Waals surface area contributed by atoms with Gasteiger partial charge in [-0.2, -0.15) is 0 Å². The van der Waals surface area contributed by atoms with Crippen LogP contribution >= 0.6 is 0 Å². The molecule has 0 fully saturated rings. The Bertz CT molecular complexity index is 170. The second-order valence-corrected chi connectivity index (χ2v) is 4.34. The first-order valence-electron chi connectivity index (χ1n) is 6.86. The van der Waals surface area contributed by atoms with Gasteiger partial charge in [0.05, 0.1) is 6.26 Å². The van der Waals surface area contributed by atoms with Gasteiger partial charge in [0, 0.05) is 0 Å². The van der Waals surface area contributed by atoms with Crippen LogP contribution in [0.4, 0.5) is 0 Å². The number of aliphatic hydroxyl groups excluding tert-OH is 1. The minimum atomic E-state index is 1.01. The highest BCUT2D eigenvalue weighted by atomic mass is 16.2. The Morgan fingerprint density at radius 1 is 0.688 bits per heavy atom. The van der Waals surface area contributed by atoms with Crippen molar-refractivity contribution in [2.75, 3.05) is 0 Å². The summed E-state index contributed by atoms with van der Waals surface area (Å²) in [6, 6.07) is 0. The summed E-state index contributed by atoms with van der Waals surface area (Å²) in [7, 11) is 0. The maximum absolute atomic E-state index is 8.44. The maximum atomic E-state index is 8.44. The number of unbranched alkanes of at least 4 members (excludes halogenated alkanes) is 8. The summed E-state index contributed by atoms with van der Waals surface area (Å²) in [5.74, 6) is 0. The molecule has 0 atom stereocenters. The summed E-state index contributed by atoms with van der Waals surface area (Å²) in [5.41, 5.74) is 0. The third-order valence-electron chi connectivity index (χ3n) is 2.74. The van der Waals surface area contributed by atoms with Crippen molar-refractivity contribution in [3.05, 3.63) is 24.5 Å². The van der Waals surface area contributed by atoms with Crippen molar-refractivity contribution >= 4 is 0 Å². The standard InChI is InChI=1S/C15H28O/c1-2-3-4-5-6-7-8-9-10-11-12-13-14-15-16/h7-8,14-16H,2-6,9-13H2,1H3. The number of hydrogen-bond donors (Lipinski definition) is 1. The molecule has 0 aliphatic carbocycles. The van der Waals surface area contributed by atoms with E-state index in [9.17, 15) is 0 Å². The van der Waals surface area contributed by atoms with Gasteiger partial charge in [-0.05, 0) is 38.5 Å². The molecule has 0 aromatic rings. The lowest BCUT2D eigenvalue weighted by Crippen LogP contribution is -1.76. The fourth-order valence-electron chi connectivity index (χ4n) is 1.70. The molecule has 16 heavy (non-hydrogen) atoms. The van der Waals surface area contributed by atoms with Gasteiger partial charge in [-0.3, -0.25) is 0 Å². The molecule has 0 saturated heterocycles. The van der Waals surface area contributed by atoms with E-state index in [0.29, 0.717) is 0 Å². The SMILES string of the molecule is CCCCCCC=CCCCCCC=CO. The van der Waals surface area contributed by atoms with Crippen molar-refractivity contribution in [2.45, 2.75) is 71.1 Å². The largest absolute Gasteiger partial charge is 0.516 e. The summed E-state index contributed by atoms with van der Waals surface area (Å²) in [5, 5.41) is 8.44. The van der Waals surface area contributed by atoms with Crippen molar-refractivity contribution in [3.63, 3.8) is 0 Å². The topological polar surface area (TPSA) is 20.2 Å². The van der Waals surface area contributed by atoms with E-state index in [-0.39, 0.29) is 0 Å². The molecule has 0 unspecified atom stereocenters. The van der Waals surface area contributed by atoms with Gasteiger partial charge in [-0.25, -0.2) is 0 Å². The average molecular weight is 224 g/mol. The smallest absolute Gasteiger partial charge is 0.0751 e. The number of rotatable bonds is 11. The van der Waals surface area contributed by atoms with E-state index in [1.165, 1.54) is 57.8 Å². The third kappa shape index (κ3) is 13.3. The van der Waals surface area contributed by atoms with Crippen molar-refractivity contribution in [2.24, 2.45) is 0 Å². The van der Waals surface area contributed by atoms with Gasteiger partial charge >= 0.3 is 0 Å². The molecule has 0 bridgehead atoms. The van der Waals surface area contributed by atoms with Crippen LogP contribution in [0.25, 0.3) is 0 Å². The molecule has 0 rings (SSSR count). The lowest BCUT2D eigenvalue weighted by molar-refractivity contribution is 0.469. The van der Waals surface area contributed by atoms with Crippen LogP contribution in [0, 0.1) is 0 Å². The van der Waals surface area contributed by atoms with E-state index < -0.39 is 0 Å². The summed E-state index contributed by atoms with van der Waals surface area (Å²) < 4.78 is 0. The van der Waals surface area contributed by atoms with Crippen LogP contribution in [0.2, 0.25) is 0 Å². The van der Waals surface area contributed by atoms with E-state index in [1.54, 1.807) is 0 Å². The molecule has 0 amide bonds. The Labute approximate surface area is 101 Å². The molecule has 1 heteroatoms. The Hall–Kier alpha value is -0.720. The summed E-state index contributed by atoms with van der Waals surface area (Å²) >= 11 is 0. The minimum Gasteiger partial charge on any atom is -0.516 e. The predicted molar refractivity (Wildman–Crippen MR) is 72.8 cm³/mol. The first-order valence-corrected chi connectivity index (χ1v) is 6.86. The summed E-state index contributed by atoms with van der Waals surface area (Å²) in [4.78, 5) is 0. The Kier molecular flexibility index (Phi) is 13.6. The van der Waals surface area contributed by atoms with Gasteiger partial charge in [-0.15, -0.1) is 0 Å². The number of hydrogen-bond acceptors (Lipinski definition) is 1.